The Hall–Kier alpha value is -2.33. The molecule has 3 rings (SSSR count). The number of nitrogens with zero attached hydrogens (tertiary/aromatic N) is 1. The molecule has 2 aromatic carbocycles. The van der Waals surface area contributed by atoms with Crippen LogP contribution in [-0.2, 0) is 4.79 Å². The molecule has 0 radical (unpaired) electrons. The highest BCUT2D eigenvalue weighted by Gasteiger charge is 2.20. The van der Waals surface area contributed by atoms with E-state index in [0.29, 0.717) is 25.5 Å². The number of carbonyl (C=O) groups excluding carboxylic acids is 1. The predicted octanol–water partition coefficient (Wildman–Crippen LogP) is 3.45. The molecule has 1 aliphatic heterocycles. The first-order chi connectivity index (χ1) is 12.8. The molecule has 1 fully saturated rings. The van der Waals surface area contributed by atoms with Gasteiger partial charge < -0.3 is 15.0 Å². The molecule has 0 aromatic heterocycles. The third-order valence-corrected chi connectivity index (χ3v) is 4.95. The quantitative estimate of drug-likeness (QED) is 0.791. The topological polar surface area (TPSA) is 41.6 Å². The zero-order valence-electron chi connectivity index (χ0n) is 15.3. The second kappa shape index (κ2) is 9.97. The summed E-state index contributed by atoms with van der Waals surface area (Å²) in [7, 11) is 0. The van der Waals surface area contributed by atoms with Gasteiger partial charge in [0.2, 0.25) is 5.91 Å². The Morgan fingerprint density at radius 3 is 2.35 bits per heavy atom. The molecule has 4 nitrogen and oxygen atoms in total. The number of rotatable bonds is 8. The van der Waals surface area contributed by atoms with E-state index in [2.05, 4.69) is 40.5 Å². The van der Waals surface area contributed by atoms with Crippen LogP contribution in [0.1, 0.15) is 30.7 Å². The summed E-state index contributed by atoms with van der Waals surface area (Å²) in [5, 5.41) is 3.00. The van der Waals surface area contributed by atoms with Crippen LogP contribution in [0.3, 0.4) is 0 Å². The van der Waals surface area contributed by atoms with Crippen LogP contribution in [0.25, 0.3) is 0 Å². The van der Waals surface area contributed by atoms with Gasteiger partial charge in [-0.1, -0.05) is 48.5 Å². The Morgan fingerprint density at radius 1 is 1.00 bits per heavy atom. The minimum atomic E-state index is 0.0557. The normalized spacial score (nSPS) is 15.5. The van der Waals surface area contributed by atoms with Crippen LogP contribution >= 0.6 is 0 Å². The number of piperidine rings is 1. The lowest BCUT2D eigenvalue weighted by Crippen LogP contribution is -2.39. The number of nitrogens with one attached hydrogen (secondary N) is 1. The van der Waals surface area contributed by atoms with Crippen molar-refractivity contribution in [3.05, 3.63) is 66.2 Å². The summed E-state index contributed by atoms with van der Waals surface area (Å²) in [6.07, 6.45) is 2.79. The molecule has 1 saturated heterocycles. The maximum Gasteiger partial charge on any atom is 0.223 e. The summed E-state index contributed by atoms with van der Waals surface area (Å²) in [5.41, 5.74) is 1.46. The van der Waals surface area contributed by atoms with E-state index in [0.717, 1.165) is 25.4 Å². The summed E-state index contributed by atoms with van der Waals surface area (Å²) < 4.78 is 5.56. The SMILES string of the molecule is O=C(CCOc1ccccc1)NCCN1CCC(c2ccccc2)CC1. The molecule has 0 saturated carbocycles. The fourth-order valence-electron chi connectivity index (χ4n) is 3.44. The second-order valence-electron chi connectivity index (χ2n) is 6.79. The van der Waals surface area contributed by atoms with E-state index >= 15 is 0 Å². The molecule has 0 bridgehead atoms. The number of hydrogen-bond donors (Lipinski definition) is 1. The van der Waals surface area contributed by atoms with E-state index in [4.69, 9.17) is 4.74 Å². The molecule has 0 aliphatic carbocycles. The molecule has 0 spiro atoms. The van der Waals surface area contributed by atoms with Crippen LogP contribution < -0.4 is 10.1 Å². The van der Waals surface area contributed by atoms with E-state index in [1.807, 2.05) is 30.3 Å². The highest BCUT2D eigenvalue weighted by atomic mass is 16.5. The standard InChI is InChI=1S/C22H28N2O2/c25-22(13-18-26-21-9-5-2-6-10-21)23-14-17-24-15-11-20(12-16-24)19-7-3-1-4-8-19/h1-10,20H,11-18H2,(H,23,25). The van der Waals surface area contributed by atoms with Crippen LogP contribution in [-0.4, -0.2) is 43.6 Å². The summed E-state index contributed by atoms with van der Waals surface area (Å²) in [5.74, 6) is 1.54. The largest absolute Gasteiger partial charge is 0.493 e. The lowest BCUT2D eigenvalue weighted by molar-refractivity contribution is -0.121. The van der Waals surface area contributed by atoms with E-state index in [1.54, 1.807) is 0 Å². The van der Waals surface area contributed by atoms with Gasteiger partial charge in [-0.2, -0.15) is 0 Å². The van der Waals surface area contributed by atoms with Gasteiger partial charge in [0.15, 0.2) is 0 Å². The molecule has 1 amide bonds. The monoisotopic (exact) mass is 352 g/mol. The average Bonchev–Trinajstić information content (AvgIpc) is 2.70. The van der Waals surface area contributed by atoms with Crippen LogP contribution in [0.15, 0.2) is 60.7 Å². The van der Waals surface area contributed by atoms with E-state index in [1.165, 1.54) is 18.4 Å². The summed E-state index contributed by atoms with van der Waals surface area (Å²) in [6, 6.07) is 20.4. The first-order valence-corrected chi connectivity index (χ1v) is 9.53. The minimum Gasteiger partial charge on any atom is -0.493 e. The maximum absolute atomic E-state index is 11.9. The van der Waals surface area contributed by atoms with Crippen LogP contribution in [0.5, 0.6) is 5.75 Å². The molecule has 138 valence electrons. The molecule has 1 heterocycles. The number of benzene rings is 2. The zero-order chi connectivity index (χ0) is 18.0. The number of amides is 1. The van der Waals surface area contributed by atoms with Crippen molar-refractivity contribution in [2.75, 3.05) is 32.8 Å². The van der Waals surface area contributed by atoms with Crippen LogP contribution in [0.2, 0.25) is 0 Å². The van der Waals surface area contributed by atoms with Crippen LogP contribution in [0.4, 0.5) is 0 Å². The first kappa shape index (κ1) is 18.5. The van der Waals surface area contributed by atoms with Gasteiger partial charge in [-0.3, -0.25) is 4.79 Å². The van der Waals surface area contributed by atoms with Gasteiger partial charge >= 0.3 is 0 Å². The fraction of sp³-hybridized carbons (Fsp3) is 0.409. The third-order valence-electron chi connectivity index (χ3n) is 4.95. The van der Waals surface area contributed by atoms with Crippen molar-refractivity contribution in [1.82, 2.24) is 10.2 Å². The predicted molar refractivity (Wildman–Crippen MR) is 104 cm³/mol. The van der Waals surface area contributed by atoms with Gasteiger partial charge in [0.1, 0.15) is 5.75 Å². The van der Waals surface area contributed by atoms with Crippen molar-refractivity contribution in [3.63, 3.8) is 0 Å². The number of likely N-dealkylation sites (tertiary alicyclic amines) is 1. The Labute approximate surface area is 156 Å². The molecular formula is C22H28N2O2. The molecular weight excluding hydrogens is 324 g/mol. The molecule has 0 unspecified atom stereocenters. The summed E-state index contributed by atoms with van der Waals surface area (Å²) >= 11 is 0. The van der Waals surface area contributed by atoms with Gasteiger partial charge in [-0.05, 0) is 49.5 Å². The molecule has 0 atom stereocenters. The van der Waals surface area contributed by atoms with Crippen molar-refractivity contribution < 1.29 is 9.53 Å². The minimum absolute atomic E-state index is 0.0557. The number of para-hydroxylation sites is 1. The maximum atomic E-state index is 11.9. The van der Waals surface area contributed by atoms with Gasteiger partial charge in [0, 0.05) is 13.1 Å². The highest BCUT2D eigenvalue weighted by Crippen LogP contribution is 2.27. The third kappa shape index (κ3) is 5.88. The van der Waals surface area contributed by atoms with E-state index < -0.39 is 0 Å². The Bertz CT molecular complexity index is 652. The molecule has 1 aliphatic rings. The number of ether oxygens (including phenoxy) is 1. The Morgan fingerprint density at radius 2 is 1.65 bits per heavy atom. The molecule has 4 heteroatoms. The number of hydrogen-bond acceptors (Lipinski definition) is 3. The van der Waals surface area contributed by atoms with Crippen molar-refractivity contribution in [2.45, 2.75) is 25.2 Å². The van der Waals surface area contributed by atoms with Crippen molar-refractivity contribution in [3.8, 4) is 5.75 Å². The second-order valence-corrected chi connectivity index (χ2v) is 6.79. The fourth-order valence-corrected chi connectivity index (χ4v) is 3.44. The zero-order valence-corrected chi connectivity index (χ0v) is 15.3. The Kier molecular flexibility index (Phi) is 7.08. The molecule has 26 heavy (non-hydrogen) atoms. The molecule has 1 N–H and O–H groups in total. The Balaban J connectivity index is 1.26. The molecule has 2 aromatic rings. The van der Waals surface area contributed by atoms with Gasteiger partial charge in [-0.15, -0.1) is 0 Å². The first-order valence-electron chi connectivity index (χ1n) is 9.53. The average molecular weight is 352 g/mol. The van der Waals surface area contributed by atoms with Crippen LogP contribution in [0, 0.1) is 0 Å². The van der Waals surface area contributed by atoms with Gasteiger partial charge in [-0.25, -0.2) is 0 Å². The van der Waals surface area contributed by atoms with E-state index in [-0.39, 0.29) is 5.91 Å². The number of carbonyl (C=O) groups is 1. The lowest BCUT2D eigenvalue weighted by atomic mass is 9.89. The lowest BCUT2D eigenvalue weighted by Gasteiger charge is -2.32. The van der Waals surface area contributed by atoms with Crippen molar-refractivity contribution >= 4 is 5.91 Å². The smallest absolute Gasteiger partial charge is 0.223 e. The van der Waals surface area contributed by atoms with E-state index in [9.17, 15) is 4.79 Å². The summed E-state index contributed by atoms with van der Waals surface area (Å²) in [6.45, 7) is 4.25. The highest BCUT2D eigenvalue weighted by molar-refractivity contribution is 5.75. The van der Waals surface area contributed by atoms with Crippen molar-refractivity contribution in [2.24, 2.45) is 0 Å². The summed E-state index contributed by atoms with van der Waals surface area (Å²) in [4.78, 5) is 14.3. The van der Waals surface area contributed by atoms with Gasteiger partial charge in [0.05, 0.1) is 13.0 Å². The van der Waals surface area contributed by atoms with Gasteiger partial charge in [0.25, 0.3) is 0 Å². The van der Waals surface area contributed by atoms with Crippen molar-refractivity contribution in [1.29, 1.82) is 0 Å².